The average molecular weight is 341 g/mol. The molecule has 0 atom stereocenters. The molecule has 0 unspecified atom stereocenters. The van der Waals surface area contributed by atoms with Gasteiger partial charge in [0.1, 0.15) is 0 Å². The smallest absolute Gasteiger partial charge is 0.308 e. The van der Waals surface area contributed by atoms with E-state index in [1.165, 1.54) is 11.3 Å². The number of carbonyl (C=O) groups is 2. The van der Waals surface area contributed by atoms with Crippen LogP contribution in [0.1, 0.15) is 9.67 Å². The van der Waals surface area contributed by atoms with Crippen molar-refractivity contribution in [2.45, 2.75) is 0 Å². The number of benzene rings is 1. The summed E-state index contributed by atoms with van der Waals surface area (Å²) < 4.78 is 1.60. The maximum absolute atomic E-state index is 12.1. The number of rotatable bonds is 4. The van der Waals surface area contributed by atoms with E-state index >= 15 is 0 Å². The summed E-state index contributed by atoms with van der Waals surface area (Å²) >= 11 is 1.19. The van der Waals surface area contributed by atoms with Crippen LogP contribution in [0.4, 0.5) is 21.3 Å². The third-order valence-electron chi connectivity index (χ3n) is 3.05. The van der Waals surface area contributed by atoms with E-state index in [1.54, 1.807) is 48.3 Å². The third kappa shape index (κ3) is 3.99. The quantitative estimate of drug-likeness (QED) is 0.680. The minimum absolute atomic E-state index is 0.268. The number of hydrogen-bond donors (Lipinski definition) is 3. The lowest BCUT2D eigenvalue weighted by Gasteiger charge is -2.05. The zero-order chi connectivity index (χ0) is 16.9. The Morgan fingerprint density at radius 2 is 1.79 bits per heavy atom. The summed E-state index contributed by atoms with van der Waals surface area (Å²) in [6, 6.07) is 13.8. The first-order valence-electron chi connectivity index (χ1n) is 7.14. The minimum atomic E-state index is -0.361. The van der Waals surface area contributed by atoms with Gasteiger partial charge in [0.05, 0.1) is 9.88 Å². The highest BCUT2D eigenvalue weighted by Gasteiger charge is 2.12. The van der Waals surface area contributed by atoms with Crippen LogP contribution in [-0.2, 0) is 7.05 Å². The Kier molecular flexibility index (Phi) is 4.57. The zero-order valence-electron chi connectivity index (χ0n) is 12.8. The second kappa shape index (κ2) is 6.97. The topological polar surface area (TPSA) is 88.0 Å². The van der Waals surface area contributed by atoms with Gasteiger partial charge in [0, 0.05) is 25.0 Å². The Morgan fingerprint density at radius 3 is 2.50 bits per heavy atom. The molecule has 0 fully saturated rings. The Hall–Kier alpha value is -3.13. The molecule has 7 nitrogen and oxygen atoms in total. The molecule has 0 aliphatic carbocycles. The van der Waals surface area contributed by atoms with Crippen LogP contribution >= 0.6 is 11.3 Å². The molecule has 0 radical (unpaired) electrons. The van der Waals surface area contributed by atoms with Gasteiger partial charge in [-0.05, 0) is 24.3 Å². The first kappa shape index (κ1) is 15.8. The predicted molar refractivity (Wildman–Crippen MR) is 94.6 cm³/mol. The SMILES string of the molecule is Cn1ccc(NC(=O)c2ccc(NC(=O)Nc3ccccc3)s2)n1. The van der Waals surface area contributed by atoms with E-state index in [0.29, 0.717) is 21.4 Å². The van der Waals surface area contributed by atoms with Crippen LogP contribution in [0.25, 0.3) is 0 Å². The van der Waals surface area contributed by atoms with Crippen molar-refractivity contribution in [3.05, 3.63) is 59.6 Å². The number of aromatic nitrogens is 2. The van der Waals surface area contributed by atoms with Crippen LogP contribution in [-0.4, -0.2) is 21.7 Å². The van der Waals surface area contributed by atoms with E-state index in [2.05, 4.69) is 21.0 Å². The minimum Gasteiger partial charge on any atom is -0.308 e. The first-order valence-corrected chi connectivity index (χ1v) is 7.96. The Morgan fingerprint density at radius 1 is 1.00 bits per heavy atom. The highest BCUT2D eigenvalue weighted by atomic mass is 32.1. The van der Waals surface area contributed by atoms with Gasteiger partial charge in [-0.3, -0.25) is 14.8 Å². The van der Waals surface area contributed by atoms with Crippen molar-refractivity contribution in [1.82, 2.24) is 9.78 Å². The molecule has 0 aliphatic rings. The van der Waals surface area contributed by atoms with Crippen molar-refractivity contribution in [3.63, 3.8) is 0 Å². The highest BCUT2D eigenvalue weighted by molar-refractivity contribution is 7.18. The number of nitrogens with zero attached hydrogens (tertiary/aromatic N) is 2. The largest absolute Gasteiger partial charge is 0.324 e. The molecule has 0 saturated carbocycles. The highest BCUT2D eigenvalue weighted by Crippen LogP contribution is 2.23. The lowest BCUT2D eigenvalue weighted by molar-refractivity contribution is 0.103. The summed E-state index contributed by atoms with van der Waals surface area (Å²) in [6.07, 6.45) is 1.74. The first-order chi connectivity index (χ1) is 11.6. The van der Waals surface area contributed by atoms with Gasteiger partial charge in [-0.2, -0.15) is 5.10 Å². The van der Waals surface area contributed by atoms with Gasteiger partial charge in [0.2, 0.25) is 0 Å². The lowest BCUT2D eigenvalue weighted by atomic mass is 10.3. The summed E-state index contributed by atoms with van der Waals surface area (Å²) in [5.74, 6) is 0.211. The van der Waals surface area contributed by atoms with Crippen LogP contribution < -0.4 is 16.0 Å². The van der Waals surface area contributed by atoms with Crippen molar-refractivity contribution < 1.29 is 9.59 Å². The summed E-state index contributed by atoms with van der Waals surface area (Å²) in [4.78, 5) is 24.5. The molecule has 3 N–H and O–H groups in total. The zero-order valence-corrected chi connectivity index (χ0v) is 13.6. The molecule has 2 heterocycles. The Bertz CT molecular complexity index is 856. The van der Waals surface area contributed by atoms with Crippen molar-refractivity contribution in [1.29, 1.82) is 0 Å². The maximum atomic E-state index is 12.1. The molecular formula is C16H15N5O2S. The molecular weight excluding hydrogens is 326 g/mol. The van der Waals surface area contributed by atoms with Crippen molar-refractivity contribution >= 4 is 39.8 Å². The van der Waals surface area contributed by atoms with E-state index in [9.17, 15) is 9.59 Å². The number of para-hydroxylation sites is 1. The second-order valence-corrected chi connectivity index (χ2v) is 6.02. The van der Waals surface area contributed by atoms with Crippen molar-refractivity contribution in [3.8, 4) is 0 Å². The number of aryl methyl sites for hydroxylation is 1. The van der Waals surface area contributed by atoms with E-state index in [1.807, 2.05) is 18.2 Å². The number of thiophene rings is 1. The molecule has 2 aromatic heterocycles. The molecule has 122 valence electrons. The van der Waals surface area contributed by atoms with Gasteiger partial charge >= 0.3 is 6.03 Å². The maximum Gasteiger partial charge on any atom is 0.324 e. The molecule has 3 aromatic rings. The fraction of sp³-hybridized carbons (Fsp3) is 0.0625. The second-order valence-electron chi connectivity index (χ2n) is 4.94. The van der Waals surface area contributed by atoms with Crippen LogP contribution in [0.15, 0.2) is 54.7 Å². The normalized spacial score (nSPS) is 10.2. The Balaban J connectivity index is 1.58. The molecule has 0 aliphatic heterocycles. The van der Waals surface area contributed by atoms with Gasteiger partial charge in [-0.1, -0.05) is 18.2 Å². The molecule has 24 heavy (non-hydrogen) atoms. The van der Waals surface area contributed by atoms with E-state index < -0.39 is 0 Å². The summed E-state index contributed by atoms with van der Waals surface area (Å²) in [6.45, 7) is 0. The number of nitrogens with one attached hydrogen (secondary N) is 3. The number of anilines is 3. The van der Waals surface area contributed by atoms with Crippen LogP contribution in [0.2, 0.25) is 0 Å². The average Bonchev–Trinajstić information content (AvgIpc) is 3.17. The van der Waals surface area contributed by atoms with Gasteiger partial charge in [0.15, 0.2) is 5.82 Å². The standard InChI is InChI=1S/C16H15N5O2S/c1-21-10-9-13(20-21)18-15(22)12-7-8-14(24-12)19-16(23)17-11-5-3-2-4-6-11/h2-10H,1H3,(H2,17,19,23)(H,18,20,22). The molecule has 0 saturated heterocycles. The summed E-state index contributed by atoms with van der Waals surface area (Å²) in [5.41, 5.74) is 0.694. The molecule has 3 rings (SSSR count). The van der Waals surface area contributed by atoms with Crippen LogP contribution in [0, 0.1) is 0 Å². The van der Waals surface area contributed by atoms with Gasteiger partial charge in [-0.15, -0.1) is 11.3 Å². The third-order valence-corrected chi connectivity index (χ3v) is 4.05. The summed E-state index contributed by atoms with van der Waals surface area (Å²) in [5, 5.41) is 12.8. The number of carbonyl (C=O) groups excluding carboxylic acids is 2. The van der Waals surface area contributed by atoms with Crippen LogP contribution in [0.5, 0.6) is 0 Å². The summed E-state index contributed by atoms with van der Waals surface area (Å²) in [7, 11) is 1.77. The predicted octanol–water partition coefficient (Wildman–Crippen LogP) is 3.38. The van der Waals surface area contributed by atoms with Crippen molar-refractivity contribution in [2.24, 2.45) is 7.05 Å². The molecule has 8 heteroatoms. The number of amides is 3. The molecule has 3 amide bonds. The van der Waals surface area contributed by atoms with E-state index in [4.69, 9.17) is 0 Å². The van der Waals surface area contributed by atoms with Crippen LogP contribution in [0.3, 0.4) is 0 Å². The van der Waals surface area contributed by atoms with Crippen molar-refractivity contribution in [2.75, 3.05) is 16.0 Å². The molecule has 0 spiro atoms. The van der Waals surface area contributed by atoms with Gasteiger partial charge in [0.25, 0.3) is 5.91 Å². The fourth-order valence-electron chi connectivity index (χ4n) is 1.98. The Labute approximate surface area is 142 Å². The van der Waals surface area contributed by atoms with E-state index in [-0.39, 0.29) is 11.9 Å². The number of hydrogen-bond acceptors (Lipinski definition) is 4. The van der Waals surface area contributed by atoms with Gasteiger partial charge < -0.3 is 10.6 Å². The monoisotopic (exact) mass is 341 g/mol. The number of urea groups is 1. The van der Waals surface area contributed by atoms with E-state index in [0.717, 1.165) is 0 Å². The lowest BCUT2D eigenvalue weighted by Crippen LogP contribution is -2.18. The molecule has 1 aromatic carbocycles. The molecule has 0 bridgehead atoms. The fourth-order valence-corrected chi connectivity index (χ4v) is 2.78. The van der Waals surface area contributed by atoms with Gasteiger partial charge in [-0.25, -0.2) is 4.79 Å².